The molecule has 1 aliphatic carbocycles. The SMILES string of the molecule is CC(=O)[C@@]1(C)CC[C@@H](C)CC1=O. The van der Waals surface area contributed by atoms with Crippen molar-refractivity contribution in [3.63, 3.8) is 0 Å². The maximum atomic E-state index is 11.5. The van der Waals surface area contributed by atoms with Crippen LogP contribution in [0.25, 0.3) is 0 Å². The smallest absolute Gasteiger partial charge is 0.146 e. The molecule has 68 valence electrons. The number of hydrogen-bond acceptors (Lipinski definition) is 2. The Bertz CT molecular complexity index is 220. The Morgan fingerprint density at radius 3 is 2.58 bits per heavy atom. The van der Waals surface area contributed by atoms with Crippen LogP contribution >= 0.6 is 0 Å². The van der Waals surface area contributed by atoms with Crippen LogP contribution in [0.2, 0.25) is 0 Å². The highest BCUT2D eigenvalue weighted by atomic mass is 16.2. The number of Topliss-reactive ketones (excluding diaryl/α,β-unsaturated/α-hetero) is 2. The molecule has 12 heavy (non-hydrogen) atoms. The normalized spacial score (nSPS) is 36.6. The first kappa shape index (κ1) is 9.43. The second kappa shape index (κ2) is 3.00. The molecule has 1 aliphatic rings. The van der Waals surface area contributed by atoms with Gasteiger partial charge in [-0.1, -0.05) is 6.92 Å². The minimum Gasteiger partial charge on any atom is -0.299 e. The van der Waals surface area contributed by atoms with Gasteiger partial charge in [-0.15, -0.1) is 0 Å². The van der Waals surface area contributed by atoms with Gasteiger partial charge in [0.25, 0.3) is 0 Å². The molecule has 0 unspecified atom stereocenters. The Morgan fingerprint density at radius 1 is 1.58 bits per heavy atom. The van der Waals surface area contributed by atoms with Crippen molar-refractivity contribution in [3.05, 3.63) is 0 Å². The van der Waals surface area contributed by atoms with Crippen molar-refractivity contribution in [1.29, 1.82) is 0 Å². The number of hydrogen-bond donors (Lipinski definition) is 0. The van der Waals surface area contributed by atoms with Crippen molar-refractivity contribution in [2.45, 2.75) is 40.0 Å². The second-order valence-electron chi connectivity index (χ2n) is 4.16. The van der Waals surface area contributed by atoms with Gasteiger partial charge >= 0.3 is 0 Å². The largest absolute Gasteiger partial charge is 0.299 e. The fourth-order valence-electron chi connectivity index (χ4n) is 1.69. The zero-order valence-corrected chi connectivity index (χ0v) is 8.02. The van der Waals surface area contributed by atoms with Gasteiger partial charge in [-0.25, -0.2) is 0 Å². The Kier molecular flexibility index (Phi) is 2.36. The van der Waals surface area contributed by atoms with Crippen LogP contribution in [0.4, 0.5) is 0 Å². The molecule has 0 aromatic rings. The lowest BCUT2D eigenvalue weighted by Crippen LogP contribution is -2.39. The molecule has 0 bridgehead atoms. The number of carbonyl (C=O) groups excluding carboxylic acids is 2. The minimum atomic E-state index is -0.660. The van der Waals surface area contributed by atoms with Crippen LogP contribution in [-0.4, -0.2) is 11.6 Å². The lowest BCUT2D eigenvalue weighted by molar-refractivity contribution is -0.141. The molecule has 2 heteroatoms. The third kappa shape index (κ3) is 1.43. The summed E-state index contributed by atoms with van der Waals surface area (Å²) < 4.78 is 0. The summed E-state index contributed by atoms with van der Waals surface area (Å²) in [6.45, 7) is 5.37. The molecular weight excluding hydrogens is 152 g/mol. The summed E-state index contributed by atoms with van der Waals surface area (Å²) in [5.41, 5.74) is -0.660. The molecule has 0 spiro atoms. The van der Waals surface area contributed by atoms with Gasteiger partial charge in [-0.2, -0.15) is 0 Å². The van der Waals surface area contributed by atoms with E-state index in [0.717, 1.165) is 12.8 Å². The van der Waals surface area contributed by atoms with Crippen LogP contribution in [0.5, 0.6) is 0 Å². The highest BCUT2D eigenvalue weighted by Crippen LogP contribution is 2.36. The van der Waals surface area contributed by atoms with Gasteiger partial charge in [0.2, 0.25) is 0 Å². The van der Waals surface area contributed by atoms with Crippen LogP contribution < -0.4 is 0 Å². The molecular formula is C10H16O2. The van der Waals surface area contributed by atoms with Crippen LogP contribution in [0.1, 0.15) is 40.0 Å². The molecule has 0 heterocycles. The Labute approximate surface area is 73.3 Å². The number of carbonyl (C=O) groups is 2. The Balaban J connectivity index is 2.80. The zero-order chi connectivity index (χ0) is 9.35. The standard InChI is InChI=1S/C10H16O2/c1-7-4-5-10(3,8(2)11)9(12)6-7/h7H,4-6H2,1-3H3/t7-,10-/m1/s1. The maximum Gasteiger partial charge on any atom is 0.146 e. The van der Waals surface area contributed by atoms with E-state index in [9.17, 15) is 9.59 Å². The van der Waals surface area contributed by atoms with Gasteiger partial charge in [0, 0.05) is 6.42 Å². The molecule has 0 aromatic carbocycles. The summed E-state index contributed by atoms with van der Waals surface area (Å²) in [5.74, 6) is 0.623. The van der Waals surface area contributed by atoms with Crippen molar-refractivity contribution in [2.24, 2.45) is 11.3 Å². The number of rotatable bonds is 1. The lowest BCUT2D eigenvalue weighted by atomic mass is 9.69. The van der Waals surface area contributed by atoms with E-state index in [0.29, 0.717) is 12.3 Å². The van der Waals surface area contributed by atoms with Crippen LogP contribution in [-0.2, 0) is 9.59 Å². The first-order chi connectivity index (χ1) is 5.47. The molecule has 1 rings (SSSR count). The van der Waals surface area contributed by atoms with E-state index in [1.807, 2.05) is 0 Å². The quantitative estimate of drug-likeness (QED) is 0.561. The summed E-state index contributed by atoms with van der Waals surface area (Å²) >= 11 is 0. The van der Waals surface area contributed by atoms with Gasteiger partial charge < -0.3 is 0 Å². The molecule has 0 radical (unpaired) electrons. The van der Waals surface area contributed by atoms with E-state index >= 15 is 0 Å². The van der Waals surface area contributed by atoms with E-state index in [1.54, 1.807) is 6.92 Å². The fraction of sp³-hybridized carbons (Fsp3) is 0.800. The molecule has 0 saturated heterocycles. The maximum absolute atomic E-state index is 11.5. The predicted molar refractivity (Wildman–Crippen MR) is 46.8 cm³/mol. The third-order valence-electron chi connectivity index (χ3n) is 3.06. The molecule has 0 N–H and O–H groups in total. The van der Waals surface area contributed by atoms with Crippen molar-refractivity contribution in [2.75, 3.05) is 0 Å². The molecule has 2 atom stereocenters. The molecule has 1 saturated carbocycles. The summed E-state index contributed by atoms with van der Waals surface area (Å²) in [4.78, 5) is 22.8. The Hall–Kier alpha value is -0.660. The highest BCUT2D eigenvalue weighted by molar-refractivity contribution is 6.06. The Morgan fingerprint density at radius 2 is 2.17 bits per heavy atom. The summed E-state index contributed by atoms with van der Waals surface area (Å²) in [7, 11) is 0. The van der Waals surface area contributed by atoms with Crippen LogP contribution in [0, 0.1) is 11.3 Å². The number of ketones is 2. The first-order valence-corrected chi connectivity index (χ1v) is 4.51. The average molecular weight is 168 g/mol. The van der Waals surface area contributed by atoms with Gasteiger partial charge in [-0.3, -0.25) is 9.59 Å². The minimum absolute atomic E-state index is 0.0272. The van der Waals surface area contributed by atoms with Crippen molar-refractivity contribution < 1.29 is 9.59 Å². The van der Waals surface area contributed by atoms with Gasteiger partial charge in [0.15, 0.2) is 0 Å². The summed E-state index contributed by atoms with van der Waals surface area (Å²) in [6, 6.07) is 0. The lowest BCUT2D eigenvalue weighted by Gasteiger charge is -2.32. The topological polar surface area (TPSA) is 34.1 Å². The van der Waals surface area contributed by atoms with E-state index in [-0.39, 0.29) is 11.6 Å². The van der Waals surface area contributed by atoms with Gasteiger partial charge in [-0.05, 0) is 32.6 Å². The first-order valence-electron chi connectivity index (χ1n) is 4.51. The molecule has 2 nitrogen and oxygen atoms in total. The molecule has 1 fully saturated rings. The second-order valence-corrected chi connectivity index (χ2v) is 4.16. The van der Waals surface area contributed by atoms with Crippen LogP contribution in [0.15, 0.2) is 0 Å². The van der Waals surface area contributed by atoms with Crippen molar-refractivity contribution in [3.8, 4) is 0 Å². The predicted octanol–water partition coefficient (Wildman–Crippen LogP) is 1.97. The van der Waals surface area contributed by atoms with E-state index in [4.69, 9.17) is 0 Å². The molecule has 0 amide bonds. The summed E-state index contributed by atoms with van der Waals surface area (Å²) in [5, 5.41) is 0. The van der Waals surface area contributed by atoms with Crippen LogP contribution in [0.3, 0.4) is 0 Å². The zero-order valence-electron chi connectivity index (χ0n) is 8.02. The van der Waals surface area contributed by atoms with Crippen molar-refractivity contribution in [1.82, 2.24) is 0 Å². The average Bonchev–Trinajstić information content (AvgIpc) is 1.97. The fourth-order valence-corrected chi connectivity index (χ4v) is 1.69. The van der Waals surface area contributed by atoms with Crippen molar-refractivity contribution >= 4 is 11.6 Å². The van der Waals surface area contributed by atoms with E-state index in [2.05, 4.69) is 6.92 Å². The molecule has 0 aromatic heterocycles. The molecule has 0 aliphatic heterocycles. The van der Waals surface area contributed by atoms with Gasteiger partial charge in [0.05, 0.1) is 5.41 Å². The third-order valence-corrected chi connectivity index (χ3v) is 3.06. The highest BCUT2D eigenvalue weighted by Gasteiger charge is 2.41. The van der Waals surface area contributed by atoms with E-state index < -0.39 is 5.41 Å². The monoisotopic (exact) mass is 168 g/mol. The van der Waals surface area contributed by atoms with E-state index in [1.165, 1.54) is 6.92 Å². The van der Waals surface area contributed by atoms with Gasteiger partial charge in [0.1, 0.15) is 11.6 Å². The summed E-state index contributed by atoms with van der Waals surface area (Å²) in [6.07, 6.45) is 2.32.